The zero-order valence-electron chi connectivity index (χ0n) is 32.7. The number of aliphatic hydroxyl groups is 1. The van der Waals surface area contributed by atoms with Gasteiger partial charge in [0, 0.05) is 0 Å². The highest BCUT2D eigenvalue weighted by atomic mass is 16.6. The van der Waals surface area contributed by atoms with Crippen LogP contribution in [0.5, 0.6) is 0 Å². The van der Waals surface area contributed by atoms with Crippen molar-refractivity contribution < 1.29 is 33.8 Å². The van der Waals surface area contributed by atoms with Crippen molar-refractivity contribution in [1.29, 1.82) is 0 Å². The number of benzene rings is 4. The third-order valence-corrected chi connectivity index (χ3v) is 9.13. The monoisotopic (exact) mass is 764 g/mol. The quantitative estimate of drug-likeness (QED) is 0.0690. The van der Waals surface area contributed by atoms with Crippen molar-refractivity contribution >= 4 is 24.0 Å². The highest BCUT2D eigenvalue weighted by Crippen LogP contribution is 2.16. The Kier molecular flexibility index (Phi) is 17.4. The Hall–Kier alpha value is -5.68. The molecule has 298 valence electrons. The van der Waals surface area contributed by atoms with Crippen LogP contribution in [0.2, 0.25) is 0 Å². The first-order chi connectivity index (χ1) is 27.0. The van der Waals surface area contributed by atoms with Crippen LogP contribution in [0.25, 0.3) is 0 Å². The summed E-state index contributed by atoms with van der Waals surface area (Å²) >= 11 is 0. The molecular formula is C45H56N4O7. The molecule has 5 N–H and O–H groups in total. The van der Waals surface area contributed by atoms with Crippen LogP contribution in [0, 0.1) is 11.8 Å². The largest absolute Gasteiger partial charge is 0.445 e. The lowest BCUT2D eigenvalue weighted by atomic mass is 9.91. The maximum Gasteiger partial charge on any atom is 0.408 e. The lowest BCUT2D eigenvalue weighted by Gasteiger charge is -2.34. The molecule has 1 unspecified atom stereocenters. The van der Waals surface area contributed by atoms with E-state index in [-0.39, 0.29) is 37.9 Å². The summed E-state index contributed by atoms with van der Waals surface area (Å²) in [7, 11) is 0. The van der Waals surface area contributed by atoms with Crippen molar-refractivity contribution in [1.82, 2.24) is 21.3 Å². The van der Waals surface area contributed by atoms with Crippen LogP contribution in [0.4, 0.5) is 9.59 Å². The van der Waals surface area contributed by atoms with Gasteiger partial charge in [0.2, 0.25) is 11.8 Å². The number of amides is 4. The van der Waals surface area contributed by atoms with Gasteiger partial charge in [-0.05, 0) is 59.8 Å². The van der Waals surface area contributed by atoms with Gasteiger partial charge in [-0.15, -0.1) is 0 Å². The summed E-state index contributed by atoms with van der Waals surface area (Å²) in [5, 5.41) is 23.7. The predicted octanol–water partition coefficient (Wildman–Crippen LogP) is 6.48. The number of alkyl carbamates (subject to hydrolysis) is 2. The minimum atomic E-state index is -1.31. The van der Waals surface area contributed by atoms with Crippen molar-refractivity contribution in [3.8, 4) is 0 Å². The Morgan fingerprint density at radius 3 is 1.09 bits per heavy atom. The van der Waals surface area contributed by atoms with Gasteiger partial charge in [-0.25, -0.2) is 9.59 Å². The maximum atomic E-state index is 14.1. The second-order valence-corrected chi connectivity index (χ2v) is 14.9. The van der Waals surface area contributed by atoms with E-state index < -0.39 is 54.3 Å². The second-order valence-electron chi connectivity index (χ2n) is 14.9. The molecule has 4 aromatic carbocycles. The van der Waals surface area contributed by atoms with E-state index >= 15 is 0 Å². The predicted molar refractivity (Wildman–Crippen MR) is 216 cm³/mol. The molecule has 0 saturated heterocycles. The van der Waals surface area contributed by atoms with Gasteiger partial charge in [-0.3, -0.25) is 9.59 Å². The van der Waals surface area contributed by atoms with Gasteiger partial charge in [-0.1, -0.05) is 149 Å². The minimum Gasteiger partial charge on any atom is -0.445 e. The van der Waals surface area contributed by atoms with Crippen molar-refractivity contribution in [2.45, 2.75) is 96.9 Å². The summed E-state index contributed by atoms with van der Waals surface area (Å²) in [6.07, 6.45) is -1.72. The van der Waals surface area contributed by atoms with Crippen molar-refractivity contribution in [3.05, 3.63) is 144 Å². The molecule has 11 heteroatoms. The van der Waals surface area contributed by atoms with Crippen molar-refractivity contribution in [2.24, 2.45) is 11.8 Å². The fraction of sp³-hybridized carbons (Fsp3) is 0.378. The normalized spacial score (nSPS) is 13.8. The molecule has 0 aliphatic carbocycles. The molecule has 56 heavy (non-hydrogen) atoms. The van der Waals surface area contributed by atoms with Crippen LogP contribution in [0.3, 0.4) is 0 Å². The zero-order chi connectivity index (χ0) is 40.3. The van der Waals surface area contributed by atoms with E-state index in [0.717, 1.165) is 22.3 Å². The van der Waals surface area contributed by atoms with E-state index in [0.29, 0.717) is 12.8 Å². The molecule has 0 aliphatic heterocycles. The van der Waals surface area contributed by atoms with Crippen LogP contribution in [-0.2, 0) is 45.1 Å². The first-order valence-corrected chi connectivity index (χ1v) is 19.3. The molecule has 0 radical (unpaired) electrons. The molecule has 0 fully saturated rings. The smallest absolute Gasteiger partial charge is 0.408 e. The summed E-state index contributed by atoms with van der Waals surface area (Å²) in [5.41, 5.74) is 3.30. The lowest BCUT2D eigenvalue weighted by Crippen LogP contribution is -2.60. The average Bonchev–Trinajstić information content (AvgIpc) is 3.19. The van der Waals surface area contributed by atoms with Gasteiger partial charge in [0.05, 0.1) is 18.2 Å². The molecule has 0 aromatic heterocycles. The Balaban J connectivity index is 1.56. The maximum absolute atomic E-state index is 14.1. The molecule has 0 heterocycles. The SMILES string of the molecule is CC(C)C[C@H](NC(=O)OCc1ccccc1)C(=O)N[C@@H](Cc1ccccc1)C(O)[C@H](Cc1ccccc1)NC(=O)[C@@H](CC(C)C)NC(=O)OCc1ccccc1. The zero-order valence-corrected chi connectivity index (χ0v) is 32.7. The van der Waals surface area contributed by atoms with Crippen molar-refractivity contribution in [3.63, 3.8) is 0 Å². The number of hydrogen-bond donors (Lipinski definition) is 5. The van der Waals surface area contributed by atoms with Gasteiger partial charge in [-0.2, -0.15) is 0 Å². The van der Waals surface area contributed by atoms with E-state index in [9.17, 15) is 24.3 Å². The molecule has 4 amide bonds. The highest BCUT2D eigenvalue weighted by molar-refractivity contribution is 5.87. The number of hydrogen-bond acceptors (Lipinski definition) is 7. The molecule has 0 aliphatic rings. The number of carbonyl (C=O) groups excluding carboxylic acids is 4. The van der Waals surface area contributed by atoms with Gasteiger partial charge in [0.1, 0.15) is 25.3 Å². The van der Waals surface area contributed by atoms with E-state index in [4.69, 9.17) is 9.47 Å². The van der Waals surface area contributed by atoms with E-state index in [1.54, 1.807) is 0 Å². The first kappa shape index (κ1) is 43.1. The molecule has 4 rings (SSSR count). The Labute approximate surface area is 330 Å². The average molecular weight is 765 g/mol. The van der Waals surface area contributed by atoms with Crippen molar-refractivity contribution in [2.75, 3.05) is 0 Å². The third kappa shape index (κ3) is 15.2. The van der Waals surface area contributed by atoms with Gasteiger partial charge >= 0.3 is 12.2 Å². The topological polar surface area (TPSA) is 155 Å². The Morgan fingerprint density at radius 2 is 0.786 bits per heavy atom. The Bertz CT molecular complexity index is 1640. The molecule has 11 nitrogen and oxygen atoms in total. The molecule has 5 atom stereocenters. The summed E-state index contributed by atoms with van der Waals surface area (Å²) < 4.78 is 10.9. The molecular weight excluding hydrogens is 709 g/mol. The Morgan fingerprint density at radius 1 is 0.482 bits per heavy atom. The molecule has 4 aromatic rings. The third-order valence-electron chi connectivity index (χ3n) is 9.13. The van der Waals surface area contributed by atoms with Crippen LogP contribution in [-0.4, -0.2) is 59.4 Å². The summed E-state index contributed by atoms with van der Waals surface area (Å²) in [5.74, 6) is -0.929. The van der Waals surface area contributed by atoms with Crippen LogP contribution >= 0.6 is 0 Å². The van der Waals surface area contributed by atoms with E-state index in [2.05, 4.69) is 21.3 Å². The highest BCUT2D eigenvalue weighted by Gasteiger charge is 2.35. The van der Waals surface area contributed by atoms with E-state index in [1.165, 1.54) is 0 Å². The number of carbonyl (C=O) groups is 4. The standard InChI is InChI=1S/C45H56N4O7/c1-31(2)25-39(48-44(53)55-29-35-21-13-7-14-22-35)42(51)46-37(27-33-17-9-5-10-18-33)41(50)38(28-34-19-11-6-12-20-34)47-43(52)40(26-32(3)4)49-45(54)56-30-36-23-15-8-16-24-36/h5-24,31-32,37-41,50H,25-30H2,1-4H3,(H,46,51)(H,47,52)(H,48,53)(H,49,54)/t37-,38-,39-,40+,41?/m0/s1. The molecule has 0 saturated carbocycles. The summed E-state index contributed by atoms with van der Waals surface area (Å²) in [4.78, 5) is 54.0. The van der Waals surface area contributed by atoms with E-state index in [1.807, 2.05) is 149 Å². The van der Waals surface area contributed by atoms with Gasteiger partial charge in [0.25, 0.3) is 0 Å². The number of ether oxygens (including phenoxy) is 2. The number of rotatable bonds is 20. The molecule has 0 spiro atoms. The first-order valence-electron chi connectivity index (χ1n) is 19.3. The second kappa shape index (κ2) is 22.6. The van der Waals surface area contributed by atoms with Crippen LogP contribution < -0.4 is 21.3 Å². The van der Waals surface area contributed by atoms with Gasteiger partial charge in [0.15, 0.2) is 0 Å². The number of nitrogens with one attached hydrogen (secondary N) is 4. The molecule has 0 bridgehead atoms. The van der Waals surface area contributed by atoms with Gasteiger partial charge < -0.3 is 35.8 Å². The van der Waals surface area contributed by atoms with Crippen LogP contribution in [0.1, 0.15) is 62.8 Å². The summed E-state index contributed by atoms with van der Waals surface area (Å²) in [6.45, 7) is 7.85. The fourth-order valence-electron chi connectivity index (χ4n) is 6.32. The minimum absolute atomic E-state index is 0.0348. The van der Waals surface area contributed by atoms with Crippen LogP contribution in [0.15, 0.2) is 121 Å². The lowest BCUT2D eigenvalue weighted by molar-refractivity contribution is -0.126. The fourth-order valence-corrected chi connectivity index (χ4v) is 6.32. The number of aliphatic hydroxyl groups excluding tert-OH is 1. The summed E-state index contributed by atoms with van der Waals surface area (Å²) in [6, 6.07) is 33.6.